The molecular formula is C8H20N2S. The van der Waals surface area contributed by atoms with Crippen molar-refractivity contribution >= 4 is 11.8 Å². The third kappa shape index (κ3) is 8.17. The summed E-state index contributed by atoms with van der Waals surface area (Å²) in [4.78, 5) is 0. The van der Waals surface area contributed by atoms with E-state index in [1.54, 1.807) is 0 Å². The molecule has 0 fully saturated rings. The van der Waals surface area contributed by atoms with Gasteiger partial charge >= 0.3 is 0 Å². The summed E-state index contributed by atoms with van der Waals surface area (Å²) < 4.78 is 0. The van der Waals surface area contributed by atoms with E-state index >= 15 is 0 Å². The highest BCUT2D eigenvalue weighted by Gasteiger charge is 1.97. The van der Waals surface area contributed by atoms with E-state index in [9.17, 15) is 0 Å². The van der Waals surface area contributed by atoms with Crippen LogP contribution in [0.15, 0.2) is 0 Å². The third-order valence-electron chi connectivity index (χ3n) is 1.52. The molecule has 0 aromatic rings. The summed E-state index contributed by atoms with van der Waals surface area (Å²) in [6, 6.07) is 0. The number of nitrogens with one attached hydrogen (secondary N) is 1. The lowest BCUT2D eigenvalue weighted by atomic mass is 10.2. The number of hydrogen-bond acceptors (Lipinski definition) is 3. The van der Waals surface area contributed by atoms with Crippen molar-refractivity contribution in [2.24, 2.45) is 11.7 Å². The van der Waals surface area contributed by atoms with Crippen molar-refractivity contribution < 1.29 is 0 Å². The zero-order valence-electron chi connectivity index (χ0n) is 7.60. The van der Waals surface area contributed by atoms with E-state index in [0.29, 0.717) is 5.92 Å². The molecule has 0 aromatic carbocycles. The minimum absolute atomic E-state index is 0.676. The number of nitrogens with two attached hydrogens (primary N) is 1. The number of hydrogen-bond donors (Lipinski definition) is 2. The Bertz CT molecular complexity index is 78.5. The Kier molecular flexibility index (Phi) is 8.57. The van der Waals surface area contributed by atoms with Gasteiger partial charge in [-0.25, -0.2) is 0 Å². The fourth-order valence-corrected chi connectivity index (χ4v) is 1.76. The maximum Gasteiger partial charge on any atom is -0.00297 e. The summed E-state index contributed by atoms with van der Waals surface area (Å²) in [7, 11) is 1.99. The van der Waals surface area contributed by atoms with Crippen molar-refractivity contribution in [3.63, 3.8) is 0 Å². The highest BCUT2D eigenvalue weighted by molar-refractivity contribution is 7.99. The summed E-state index contributed by atoms with van der Waals surface area (Å²) in [5.74, 6) is 3.14. The van der Waals surface area contributed by atoms with Gasteiger partial charge in [-0.2, -0.15) is 11.8 Å². The van der Waals surface area contributed by atoms with E-state index in [4.69, 9.17) is 5.73 Å². The molecule has 1 unspecified atom stereocenters. The van der Waals surface area contributed by atoms with E-state index < -0.39 is 0 Å². The molecule has 3 heteroatoms. The Labute approximate surface area is 74.3 Å². The van der Waals surface area contributed by atoms with Gasteiger partial charge in [0.15, 0.2) is 0 Å². The highest BCUT2D eigenvalue weighted by Crippen LogP contribution is 2.07. The molecule has 0 aliphatic carbocycles. The molecule has 0 rings (SSSR count). The van der Waals surface area contributed by atoms with Crippen LogP contribution in [0.5, 0.6) is 0 Å². The van der Waals surface area contributed by atoms with Crippen molar-refractivity contribution in [3.8, 4) is 0 Å². The summed E-state index contributed by atoms with van der Waals surface area (Å²) in [5, 5.41) is 3.13. The van der Waals surface area contributed by atoms with Crippen molar-refractivity contribution in [3.05, 3.63) is 0 Å². The second-order valence-corrected chi connectivity index (χ2v) is 4.02. The third-order valence-corrected chi connectivity index (χ3v) is 2.90. The zero-order chi connectivity index (χ0) is 8.53. The lowest BCUT2D eigenvalue weighted by molar-refractivity contribution is 0.674. The topological polar surface area (TPSA) is 38.0 Å². The van der Waals surface area contributed by atoms with E-state index in [1.807, 2.05) is 18.8 Å². The molecule has 0 radical (unpaired) electrons. The molecule has 3 N–H and O–H groups in total. The second kappa shape index (κ2) is 8.37. The van der Waals surface area contributed by atoms with Crippen molar-refractivity contribution in [1.82, 2.24) is 5.32 Å². The Morgan fingerprint density at radius 2 is 2.27 bits per heavy atom. The molecule has 0 spiro atoms. The summed E-state index contributed by atoms with van der Waals surface area (Å²) >= 11 is 2.01. The molecule has 11 heavy (non-hydrogen) atoms. The van der Waals surface area contributed by atoms with Crippen molar-refractivity contribution in [1.29, 1.82) is 0 Å². The largest absolute Gasteiger partial charge is 0.330 e. The van der Waals surface area contributed by atoms with Crippen LogP contribution >= 0.6 is 11.8 Å². The van der Waals surface area contributed by atoms with E-state index in [0.717, 1.165) is 13.1 Å². The quantitative estimate of drug-likeness (QED) is 0.567. The lowest BCUT2D eigenvalue weighted by Crippen LogP contribution is -2.13. The van der Waals surface area contributed by atoms with Crippen molar-refractivity contribution in [2.75, 3.05) is 31.6 Å². The Morgan fingerprint density at radius 3 is 2.82 bits per heavy atom. The lowest BCUT2D eigenvalue weighted by Gasteiger charge is -2.06. The Hall–Kier alpha value is 0.270. The van der Waals surface area contributed by atoms with Crippen LogP contribution in [-0.4, -0.2) is 31.6 Å². The molecule has 0 heterocycles. The monoisotopic (exact) mass is 176 g/mol. The number of rotatable bonds is 7. The summed E-state index contributed by atoms with van der Waals surface area (Å²) in [6.07, 6.45) is 1.26. The average molecular weight is 176 g/mol. The van der Waals surface area contributed by atoms with Crippen LogP contribution in [0.25, 0.3) is 0 Å². The van der Waals surface area contributed by atoms with Crippen LogP contribution in [0.1, 0.15) is 13.3 Å². The molecule has 1 atom stereocenters. The van der Waals surface area contributed by atoms with E-state index in [2.05, 4.69) is 12.2 Å². The van der Waals surface area contributed by atoms with Gasteiger partial charge in [-0.05, 0) is 44.0 Å². The molecule has 2 nitrogen and oxygen atoms in total. The first-order chi connectivity index (χ1) is 5.31. The van der Waals surface area contributed by atoms with Gasteiger partial charge in [-0.15, -0.1) is 0 Å². The van der Waals surface area contributed by atoms with Gasteiger partial charge in [-0.1, -0.05) is 6.92 Å². The van der Waals surface area contributed by atoms with Crippen LogP contribution < -0.4 is 11.1 Å². The van der Waals surface area contributed by atoms with Gasteiger partial charge in [0.1, 0.15) is 0 Å². The van der Waals surface area contributed by atoms with Crippen LogP contribution in [-0.2, 0) is 0 Å². The molecule has 0 aromatic heterocycles. The molecule has 0 aliphatic heterocycles. The summed E-state index contributed by atoms with van der Waals surface area (Å²) in [5.41, 5.74) is 5.49. The number of thioether (sulfide) groups is 1. The SMILES string of the molecule is CNCCCSCC(C)CN. The van der Waals surface area contributed by atoms with E-state index in [1.165, 1.54) is 17.9 Å². The van der Waals surface area contributed by atoms with Crippen LogP contribution in [0.2, 0.25) is 0 Å². The maximum atomic E-state index is 5.49. The zero-order valence-corrected chi connectivity index (χ0v) is 8.41. The minimum Gasteiger partial charge on any atom is -0.330 e. The van der Waals surface area contributed by atoms with Crippen LogP contribution in [0.3, 0.4) is 0 Å². The van der Waals surface area contributed by atoms with Crippen LogP contribution in [0, 0.1) is 5.92 Å². The van der Waals surface area contributed by atoms with Crippen molar-refractivity contribution in [2.45, 2.75) is 13.3 Å². The molecule has 0 amide bonds. The van der Waals surface area contributed by atoms with Gasteiger partial charge in [0.2, 0.25) is 0 Å². The first-order valence-electron chi connectivity index (χ1n) is 4.23. The normalized spacial score (nSPS) is 13.4. The van der Waals surface area contributed by atoms with Gasteiger partial charge in [0.05, 0.1) is 0 Å². The van der Waals surface area contributed by atoms with Gasteiger partial charge in [0, 0.05) is 0 Å². The molecule has 0 aliphatic rings. The van der Waals surface area contributed by atoms with Gasteiger partial charge in [0.25, 0.3) is 0 Å². The molecule has 0 bridgehead atoms. The Morgan fingerprint density at radius 1 is 1.55 bits per heavy atom. The minimum atomic E-state index is 0.676. The second-order valence-electron chi connectivity index (χ2n) is 2.87. The first kappa shape index (κ1) is 11.3. The standard InChI is InChI=1S/C8H20N2S/c1-8(6-9)7-11-5-3-4-10-2/h8,10H,3-7,9H2,1-2H3. The fourth-order valence-electron chi connectivity index (χ4n) is 0.704. The average Bonchev–Trinajstić information content (AvgIpc) is 2.04. The van der Waals surface area contributed by atoms with Crippen LogP contribution in [0.4, 0.5) is 0 Å². The highest BCUT2D eigenvalue weighted by atomic mass is 32.2. The summed E-state index contributed by atoms with van der Waals surface area (Å²) in [6.45, 7) is 4.15. The van der Waals surface area contributed by atoms with Gasteiger partial charge < -0.3 is 11.1 Å². The smallest absolute Gasteiger partial charge is 0.00297 e. The Balaban J connectivity index is 2.89. The molecular weight excluding hydrogens is 156 g/mol. The predicted octanol–water partition coefficient (Wildman–Crippen LogP) is 0.924. The molecule has 68 valence electrons. The first-order valence-corrected chi connectivity index (χ1v) is 5.39. The van der Waals surface area contributed by atoms with Gasteiger partial charge in [-0.3, -0.25) is 0 Å². The molecule has 0 saturated heterocycles. The predicted molar refractivity (Wildman–Crippen MR) is 54.1 cm³/mol. The molecule has 0 saturated carbocycles. The van der Waals surface area contributed by atoms with E-state index in [-0.39, 0.29) is 0 Å². The maximum absolute atomic E-state index is 5.49. The fraction of sp³-hybridized carbons (Fsp3) is 1.00.